The molecule has 1 aliphatic carbocycles. The van der Waals surface area contributed by atoms with Crippen molar-refractivity contribution in [3.63, 3.8) is 0 Å². The normalized spacial score (nSPS) is 16.0. The Bertz CT molecular complexity index is 820. The molecule has 1 fully saturated rings. The van der Waals surface area contributed by atoms with E-state index >= 15 is 0 Å². The molecular formula is C31H58N2O6PS+. The fourth-order valence-corrected chi connectivity index (χ4v) is 6.95. The number of nitrogens with one attached hydrogen (secondary N) is 1. The summed E-state index contributed by atoms with van der Waals surface area (Å²) in [5, 5.41) is 4.78. The molecule has 8 nitrogen and oxygen atoms in total. The van der Waals surface area contributed by atoms with Gasteiger partial charge in [-0.1, -0.05) is 127 Å². The van der Waals surface area contributed by atoms with Crippen LogP contribution in [-0.2, 0) is 24.9 Å². The summed E-state index contributed by atoms with van der Waals surface area (Å²) in [4.78, 5) is 22.3. The monoisotopic (exact) mass is 617 g/mol. The maximum absolute atomic E-state index is 12.3. The van der Waals surface area contributed by atoms with E-state index in [9.17, 15) is 14.3 Å². The third kappa shape index (κ3) is 18.3. The highest BCUT2D eigenvalue weighted by molar-refractivity contribution is 7.47. The van der Waals surface area contributed by atoms with Crippen molar-refractivity contribution in [2.75, 3.05) is 26.4 Å². The minimum absolute atomic E-state index is 0.0405. The van der Waals surface area contributed by atoms with Crippen molar-refractivity contribution in [3.8, 4) is 0 Å². The van der Waals surface area contributed by atoms with Gasteiger partial charge >= 0.3 is 13.9 Å². The number of aromatic nitrogens is 1. The highest BCUT2D eigenvalue weighted by Crippen LogP contribution is 2.48. The number of thiazole rings is 1. The van der Waals surface area contributed by atoms with Gasteiger partial charge in [-0.15, -0.1) is 0 Å². The predicted octanol–water partition coefficient (Wildman–Crippen LogP) is 8.72. The molecule has 0 spiro atoms. The van der Waals surface area contributed by atoms with Crippen LogP contribution < -0.4 is 9.88 Å². The summed E-state index contributed by atoms with van der Waals surface area (Å²) in [5.41, 5.74) is 1.47. The molecule has 1 unspecified atom stereocenters. The molecule has 1 aromatic heterocycles. The van der Waals surface area contributed by atoms with E-state index in [0.29, 0.717) is 13.1 Å². The van der Waals surface area contributed by atoms with Gasteiger partial charge in [-0.25, -0.2) is 9.36 Å². The molecule has 238 valence electrons. The molecule has 0 aliphatic heterocycles. The largest absolute Gasteiger partial charge is 0.472 e. The van der Waals surface area contributed by atoms with Gasteiger partial charge in [0.2, 0.25) is 5.51 Å². The zero-order valence-corrected chi connectivity index (χ0v) is 27.4. The number of unbranched alkanes of at least 4 members (excludes halogenated alkanes) is 15. The Morgan fingerprint density at radius 1 is 0.878 bits per heavy atom. The molecule has 2 N–H and O–H groups in total. The average Bonchev–Trinajstić information content (AvgIpc) is 3.66. The van der Waals surface area contributed by atoms with Crippen LogP contribution in [0.1, 0.15) is 135 Å². The summed E-state index contributed by atoms with van der Waals surface area (Å²) in [5.74, 6) is 0. The van der Waals surface area contributed by atoms with Crippen molar-refractivity contribution in [1.82, 2.24) is 5.32 Å². The van der Waals surface area contributed by atoms with Crippen molar-refractivity contribution in [3.05, 3.63) is 17.1 Å². The number of alkyl carbamates (subject to hydrolysis) is 1. The van der Waals surface area contributed by atoms with Crippen molar-refractivity contribution in [2.24, 2.45) is 5.41 Å². The molecule has 1 atom stereocenters. The fourth-order valence-electron chi connectivity index (χ4n) is 5.49. The predicted molar refractivity (Wildman–Crippen MR) is 166 cm³/mol. The molecule has 2 rings (SSSR count). The van der Waals surface area contributed by atoms with Gasteiger partial charge < -0.3 is 14.9 Å². The third-order valence-corrected chi connectivity index (χ3v) is 9.77. The average molecular weight is 618 g/mol. The number of amides is 1. The zero-order valence-electron chi connectivity index (χ0n) is 25.7. The summed E-state index contributed by atoms with van der Waals surface area (Å²) in [7, 11) is -4.17. The first kappa shape index (κ1) is 36.2. The number of ether oxygens (including phenoxy) is 1. The van der Waals surface area contributed by atoms with Gasteiger partial charge in [-0.2, -0.15) is 4.57 Å². The Hall–Kier alpha value is -0.990. The van der Waals surface area contributed by atoms with Gasteiger partial charge in [-0.05, 0) is 19.3 Å². The van der Waals surface area contributed by atoms with E-state index in [1.165, 1.54) is 89.9 Å². The van der Waals surface area contributed by atoms with E-state index in [1.54, 1.807) is 11.3 Å². The second-order valence-electron chi connectivity index (χ2n) is 11.9. The standard InChI is InChI=1S/C31H57N2O6PS/c1-2-3-4-5-6-7-8-9-10-11-12-13-14-15-16-19-22-32-30(34)37-27-31(20-17-18-21-31)28-39-40(35,36)38-25-23-33-24-26-41-29-33/h24,26,29H,2-23,25,27-28H2,1H3,(H-,32,34,35,36)/p+1. The van der Waals surface area contributed by atoms with Crippen molar-refractivity contribution >= 4 is 25.3 Å². The van der Waals surface area contributed by atoms with Crippen LogP contribution in [0.2, 0.25) is 0 Å². The van der Waals surface area contributed by atoms with Crippen molar-refractivity contribution in [1.29, 1.82) is 0 Å². The molecule has 41 heavy (non-hydrogen) atoms. The van der Waals surface area contributed by atoms with Gasteiger partial charge in [-0.3, -0.25) is 9.05 Å². The molecule has 10 heteroatoms. The molecular weight excluding hydrogens is 559 g/mol. The molecule has 1 aromatic rings. The van der Waals surface area contributed by atoms with Gasteiger partial charge in [0.05, 0.1) is 12.0 Å². The molecule has 0 radical (unpaired) electrons. The number of carbonyl (C=O) groups is 1. The first-order valence-electron chi connectivity index (χ1n) is 16.4. The van der Waals surface area contributed by atoms with Crippen LogP contribution in [0.15, 0.2) is 17.1 Å². The summed E-state index contributed by atoms with van der Waals surface area (Å²) in [6.45, 7) is 3.67. The van der Waals surface area contributed by atoms with E-state index < -0.39 is 19.3 Å². The van der Waals surface area contributed by atoms with E-state index in [0.717, 1.165) is 38.5 Å². The van der Waals surface area contributed by atoms with Gasteiger partial charge in [0.1, 0.15) is 13.2 Å². The van der Waals surface area contributed by atoms with Crippen LogP contribution >= 0.6 is 19.2 Å². The number of hydrogen-bond donors (Lipinski definition) is 2. The molecule has 0 aromatic carbocycles. The van der Waals surface area contributed by atoms with Crippen molar-refractivity contribution < 1.29 is 32.6 Å². The number of phosphoric acid groups is 1. The number of phosphoric ester groups is 1. The number of carbonyl (C=O) groups excluding carboxylic acids is 1. The van der Waals surface area contributed by atoms with Crippen LogP contribution in [0, 0.1) is 5.41 Å². The Morgan fingerprint density at radius 2 is 1.44 bits per heavy atom. The maximum Gasteiger partial charge on any atom is 0.472 e. The molecule has 1 heterocycles. The topological polar surface area (TPSA) is 98.0 Å². The van der Waals surface area contributed by atoms with Crippen molar-refractivity contribution in [2.45, 2.75) is 142 Å². The van der Waals surface area contributed by atoms with E-state index in [1.807, 2.05) is 21.7 Å². The zero-order chi connectivity index (χ0) is 29.5. The summed E-state index contributed by atoms with van der Waals surface area (Å²) in [6.07, 6.45) is 26.2. The molecule has 0 bridgehead atoms. The molecule has 1 amide bonds. The maximum atomic E-state index is 12.3. The summed E-state index contributed by atoms with van der Waals surface area (Å²) >= 11 is 1.54. The van der Waals surface area contributed by atoms with Crippen LogP contribution in [0.4, 0.5) is 4.79 Å². The van der Waals surface area contributed by atoms with Gasteiger partial charge in [0.15, 0.2) is 12.7 Å². The quantitative estimate of drug-likeness (QED) is 0.0613. The first-order valence-corrected chi connectivity index (χ1v) is 18.8. The molecule has 1 saturated carbocycles. The molecule has 1 aliphatic rings. The second-order valence-corrected chi connectivity index (χ2v) is 14.1. The molecule has 0 saturated heterocycles. The Morgan fingerprint density at radius 3 is 1.98 bits per heavy atom. The summed E-state index contributed by atoms with van der Waals surface area (Å²) < 4.78 is 30.2. The Labute approximate surface area is 253 Å². The minimum atomic E-state index is -4.17. The van der Waals surface area contributed by atoms with Crippen LogP contribution in [0.25, 0.3) is 0 Å². The fraction of sp³-hybridized carbons (Fsp3) is 0.871. The number of rotatable bonds is 26. The minimum Gasteiger partial charge on any atom is -0.449 e. The van der Waals surface area contributed by atoms with Crippen LogP contribution in [0.3, 0.4) is 0 Å². The Balaban J connectivity index is 1.43. The lowest BCUT2D eigenvalue weighted by Crippen LogP contribution is -2.34. The van der Waals surface area contributed by atoms with E-state index in [2.05, 4.69) is 12.2 Å². The lowest BCUT2D eigenvalue weighted by atomic mass is 9.88. The van der Waals surface area contributed by atoms with E-state index in [4.69, 9.17) is 13.8 Å². The number of hydrogen-bond acceptors (Lipinski definition) is 6. The smallest absolute Gasteiger partial charge is 0.449 e. The van der Waals surface area contributed by atoms with Gasteiger partial charge in [0, 0.05) is 12.0 Å². The SMILES string of the molecule is CCCCCCCCCCCCCCCCCCNC(=O)OCC1(COP(=O)(O)OCC[n+]2ccsc2)CCCC1. The highest BCUT2D eigenvalue weighted by atomic mass is 32.1. The van der Waals surface area contributed by atoms with Crippen LogP contribution in [0.5, 0.6) is 0 Å². The Kier molecular flexibility index (Phi) is 19.9. The first-order chi connectivity index (χ1) is 19.9. The lowest BCUT2D eigenvalue weighted by Gasteiger charge is -2.28. The summed E-state index contributed by atoms with van der Waals surface area (Å²) in [6, 6.07) is 0. The number of nitrogens with zero attached hydrogens (tertiary/aromatic N) is 1. The third-order valence-electron chi connectivity index (χ3n) is 8.14. The highest BCUT2D eigenvalue weighted by Gasteiger charge is 2.38. The van der Waals surface area contributed by atoms with Crippen LogP contribution in [-0.4, -0.2) is 37.4 Å². The second kappa shape index (κ2) is 22.5. The lowest BCUT2D eigenvalue weighted by molar-refractivity contribution is -0.693. The van der Waals surface area contributed by atoms with E-state index in [-0.39, 0.29) is 19.8 Å². The van der Waals surface area contributed by atoms with Gasteiger partial charge in [0.25, 0.3) is 0 Å².